The van der Waals surface area contributed by atoms with Gasteiger partial charge in [-0.15, -0.1) is 0 Å². The molecule has 1 atom stereocenters. The lowest BCUT2D eigenvalue weighted by atomic mass is 10.2. The summed E-state index contributed by atoms with van der Waals surface area (Å²) in [5, 5.41) is 8.83. The summed E-state index contributed by atoms with van der Waals surface area (Å²) >= 11 is 3.21. The molecule has 1 aromatic heterocycles. The van der Waals surface area contributed by atoms with E-state index < -0.39 is 23.5 Å². The number of carboxylic acid groups (broad SMARTS) is 1. The Labute approximate surface area is 112 Å². The first-order chi connectivity index (χ1) is 8.25. The van der Waals surface area contributed by atoms with Crippen LogP contribution < -0.4 is 5.56 Å². The Bertz CT molecular complexity index is 552. The molecule has 1 heterocycles. The fraction of sp³-hybridized carbons (Fsp3) is 0.364. The van der Waals surface area contributed by atoms with Crippen LogP contribution >= 0.6 is 15.9 Å². The van der Waals surface area contributed by atoms with Crippen LogP contribution in [0.4, 0.5) is 0 Å². The van der Waals surface area contributed by atoms with E-state index in [4.69, 9.17) is 5.11 Å². The second kappa shape index (κ2) is 5.34. The average Bonchev–Trinajstić information content (AvgIpc) is 2.30. The van der Waals surface area contributed by atoms with Gasteiger partial charge >= 0.3 is 5.97 Å². The molecule has 1 rings (SSSR count). The number of carbonyl (C=O) groups is 2. The van der Waals surface area contributed by atoms with Gasteiger partial charge in [0.25, 0.3) is 11.5 Å². The van der Waals surface area contributed by atoms with Gasteiger partial charge in [-0.05, 0) is 35.8 Å². The normalized spacial score (nSPS) is 12.0. The molecule has 0 fully saturated rings. The van der Waals surface area contributed by atoms with Crippen LogP contribution in [0.25, 0.3) is 0 Å². The van der Waals surface area contributed by atoms with Gasteiger partial charge in [-0.3, -0.25) is 9.59 Å². The lowest BCUT2D eigenvalue weighted by molar-refractivity contribution is -0.141. The number of aryl methyl sites for hydroxylation is 1. The van der Waals surface area contributed by atoms with Gasteiger partial charge in [-0.1, -0.05) is 0 Å². The molecule has 7 heteroatoms. The van der Waals surface area contributed by atoms with E-state index in [9.17, 15) is 14.4 Å². The van der Waals surface area contributed by atoms with Crippen LogP contribution in [0, 0.1) is 6.92 Å². The number of likely N-dealkylation sites (N-methyl/N-ethyl adjacent to an activating group) is 1. The quantitative estimate of drug-likeness (QED) is 0.870. The molecule has 98 valence electrons. The number of amides is 1. The molecule has 0 radical (unpaired) electrons. The molecule has 0 saturated carbocycles. The third kappa shape index (κ3) is 2.79. The minimum Gasteiger partial charge on any atom is -0.480 e. The summed E-state index contributed by atoms with van der Waals surface area (Å²) in [5.74, 6) is -1.76. The van der Waals surface area contributed by atoms with Gasteiger partial charge in [-0.25, -0.2) is 4.79 Å². The van der Waals surface area contributed by atoms with Crippen LogP contribution in [0.1, 0.15) is 23.0 Å². The maximum Gasteiger partial charge on any atom is 0.326 e. The number of rotatable bonds is 3. The number of nitrogens with zero attached hydrogens (tertiary/aromatic N) is 1. The number of carboxylic acids is 1. The van der Waals surface area contributed by atoms with E-state index in [1.165, 1.54) is 20.0 Å². The summed E-state index contributed by atoms with van der Waals surface area (Å²) in [7, 11) is 1.34. The molecule has 1 amide bonds. The molecule has 1 unspecified atom stereocenters. The van der Waals surface area contributed by atoms with Crippen molar-refractivity contribution in [3.8, 4) is 0 Å². The zero-order valence-electron chi connectivity index (χ0n) is 10.2. The molecule has 0 aliphatic heterocycles. The molecule has 0 saturated heterocycles. The summed E-state index contributed by atoms with van der Waals surface area (Å²) in [4.78, 5) is 38.0. The first-order valence-corrected chi connectivity index (χ1v) is 5.94. The summed E-state index contributed by atoms with van der Waals surface area (Å²) in [6, 6.07) is 0.388. The van der Waals surface area contributed by atoms with Gasteiger partial charge in [0.15, 0.2) is 0 Å². The van der Waals surface area contributed by atoms with E-state index in [0.29, 0.717) is 10.2 Å². The third-order valence-corrected chi connectivity index (χ3v) is 3.49. The molecule has 0 aromatic carbocycles. The predicted molar refractivity (Wildman–Crippen MR) is 68.7 cm³/mol. The topological polar surface area (TPSA) is 90.5 Å². The van der Waals surface area contributed by atoms with Crippen molar-refractivity contribution in [2.75, 3.05) is 7.05 Å². The van der Waals surface area contributed by atoms with Crippen molar-refractivity contribution in [2.45, 2.75) is 19.9 Å². The molecule has 2 N–H and O–H groups in total. The average molecular weight is 317 g/mol. The summed E-state index contributed by atoms with van der Waals surface area (Å²) in [6.07, 6.45) is 0. The number of aliphatic carboxylic acids is 1. The molecule has 0 aliphatic carbocycles. The Morgan fingerprint density at radius 3 is 2.56 bits per heavy atom. The van der Waals surface area contributed by atoms with E-state index in [1.807, 2.05) is 0 Å². The Hall–Kier alpha value is -1.63. The highest BCUT2D eigenvalue weighted by Crippen LogP contribution is 2.14. The highest BCUT2D eigenvalue weighted by molar-refractivity contribution is 9.10. The van der Waals surface area contributed by atoms with Crippen LogP contribution in [-0.4, -0.2) is 40.0 Å². The molecular weight excluding hydrogens is 304 g/mol. The SMILES string of the molecule is Cc1[nH]c(=O)c(C(=O)N(C)C(C)C(=O)O)cc1Br. The molecule has 0 spiro atoms. The standard InChI is InChI=1S/C11H13BrN2O4/c1-5-8(12)4-7(9(15)13-5)10(16)14(3)6(2)11(17)18/h4,6H,1-3H3,(H,13,15)(H,17,18). The van der Waals surface area contributed by atoms with Gasteiger partial charge in [0.05, 0.1) is 0 Å². The van der Waals surface area contributed by atoms with Crippen molar-refractivity contribution in [2.24, 2.45) is 0 Å². The van der Waals surface area contributed by atoms with Crippen molar-refractivity contribution < 1.29 is 14.7 Å². The molecular formula is C11H13BrN2O4. The number of hydrogen-bond acceptors (Lipinski definition) is 3. The zero-order valence-corrected chi connectivity index (χ0v) is 11.7. The second-order valence-corrected chi connectivity index (χ2v) is 4.77. The first kappa shape index (κ1) is 14.4. The lowest BCUT2D eigenvalue weighted by Crippen LogP contribution is -2.42. The fourth-order valence-corrected chi connectivity index (χ4v) is 1.62. The number of H-pyrrole nitrogens is 1. The first-order valence-electron chi connectivity index (χ1n) is 5.15. The monoisotopic (exact) mass is 316 g/mol. The maximum atomic E-state index is 12.0. The fourth-order valence-electron chi connectivity index (χ4n) is 1.29. The van der Waals surface area contributed by atoms with E-state index in [0.717, 1.165) is 4.90 Å². The molecule has 18 heavy (non-hydrogen) atoms. The number of nitrogens with one attached hydrogen (secondary N) is 1. The zero-order chi connectivity index (χ0) is 14.0. The summed E-state index contributed by atoms with van der Waals surface area (Å²) < 4.78 is 0.585. The number of carbonyl (C=O) groups excluding carboxylic acids is 1. The lowest BCUT2D eigenvalue weighted by Gasteiger charge is -2.21. The molecule has 1 aromatic rings. The highest BCUT2D eigenvalue weighted by atomic mass is 79.9. The number of pyridine rings is 1. The Morgan fingerprint density at radius 1 is 1.50 bits per heavy atom. The van der Waals surface area contributed by atoms with Crippen LogP contribution in [0.15, 0.2) is 15.3 Å². The van der Waals surface area contributed by atoms with E-state index in [1.54, 1.807) is 6.92 Å². The van der Waals surface area contributed by atoms with Crippen molar-refractivity contribution in [3.63, 3.8) is 0 Å². The maximum absolute atomic E-state index is 12.0. The van der Waals surface area contributed by atoms with Gasteiger partial charge < -0.3 is 15.0 Å². The minimum atomic E-state index is -1.13. The number of aromatic nitrogens is 1. The van der Waals surface area contributed by atoms with E-state index in [2.05, 4.69) is 20.9 Å². The molecule has 0 aliphatic rings. The predicted octanol–water partition coefficient (Wildman–Crippen LogP) is 0.991. The Balaban J connectivity index is 3.16. The van der Waals surface area contributed by atoms with Gasteiger partial charge in [0, 0.05) is 17.2 Å². The van der Waals surface area contributed by atoms with Crippen molar-refractivity contribution in [3.05, 3.63) is 32.2 Å². The van der Waals surface area contributed by atoms with Gasteiger partial charge in [-0.2, -0.15) is 0 Å². The summed E-state index contributed by atoms with van der Waals surface area (Å²) in [5.41, 5.74) is -0.0290. The second-order valence-electron chi connectivity index (χ2n) is 3.92. The largest absolute Gasteiger partial charge is 0.480 e. The molecule has 6 nitrogen and oxygen atoms in total. The highest BCUT2D eigenvalue weighted by Gasteiger charge is 2.24. The van der Waals surface area contributed by atoms with Crippen LogP contribution in [-0.2, 0) is 4.79 Å². The summed E-state index contributed by atoms with van der Waals surface area (Å²) in [6.45, 7) is 3.06. The van der Waals surface area contributed by atoms with Gasteiger partial charge in [0.2, 0.25) is 0 Å². The van der Waals surface area contributed by atoms with E-state index in [-0.39, 0.29) is 5.56 Å². The van der Waals surface area contributed by atoms with Crippen molar-refractivity contribution in [1.82, 2.24) is 9.88 Å². The third-order valence-electron chi connectivity index (χ3n) is 2.66. The molecule has 0 bridgehead atoms. The number of hydrogen-bond donors (Lipinski definition) is 2. The minimum absolute atomic E-state index is 0.0944. The van der Waals surface area contributed by atoms with Crippen LogP contribution in [0.2, 0.25) is 0 Å². The van der Waals surface area contributed by atoms with E-state index >= 15 is 0 Å². The Kier molecular flexibility index (Phi) is 4.28. The Morgan fingerprint density at radius 2 is 2.06 bits per heavy atom. The number of aromatic amines is 1. The van der Waals surface area contributed by atoms with Gasteiger partial charge in [0.1, 0.15) is 11.6 Å². The van der Waals surface area contributed by atoms with Crippen LogP contribution in [0.5, 0.6) is 0 Å². The van der Waals surface area contributed by atoms with Crippen LogP contribution in [0.3, 0.4) is 0 Å². The number of halogens is 1. The van der Waals surface area contributed by atoms with Crippen molar-refractivity contribution >= 4 is 27.8 Å². The smallest absolute Gasteiger partial charge is 0.326 e. The van der Waals surface area contributed by atoms with Crippen molar-refractivity contribution in [1.29, 1.82) is 0 Å².